The van der Waals surface area contributed by atoms with Gasteiger partial charge in [0.25, 0.3) is 0 Å². The highest BCUT2D eigenvalue weighted by Gasteiger charge is 2.43. The minimum absolute atomic E-state index is 0.136. The first kappa shape index (κ1) is 24.1. The summed E-state index contributed by atoms with van der Waals surface area (Å²) in [7, 11) is 0. The molecule has 1 aliphatic carbocycles. The maximum absolute atomic E-state index is 15.8. The number of carbonyl (C=O) groups is 1. The molecule has 3 aromatic rings. The Labute approximate surface area is 217 Å². The average Bonchev–Trinajstić information content (AvgIpc) is 3.24. The Morgan fingerprint density at radius 1 is 1.11 bits per heavy atom. The van der Waals surface area contributed by atoms with Crippen LogP contribution in [0.1, 0.15) is 71.9 Å². The molecular formula is C30H33FN4O2. The van der Waals surface area contributed by atoms with Gasteiger partial charge in [-0.05, 0) is 54.7 Å². The molecule has 0 atom stereocenters. The number of aromatic nitrogens is 1. The van der Waals surface area contributed by atoms with E-state index in [1.54, 1.807) is 12.1 Å². The van der Waals surface area contributed by atoms with Crippen LogP contribution in [-0.4, -0.2) is 60.9 Å². The highest BCUT2D eigenvalue weighted by Crippen LogP contribution is 2.47. The highest BCUT2D eigenvalue weighted by atomic mass is 19.2. The Kier molecular flexibility index (Phi) is 5.85. The predicted octanol–water partition coefficient (Wildman–Crippen LogP) is 4.98. The maximum atomic E-state index is 15.8. The summed E-state index contributed by atoms with van der Waals surface area (Å²) >= 11 is 0. The standard InChI is InChI=1S/C30H33FN4O2/c1-4-20-16-23-24(17-25(20)34-9-7-21(8-10-34)33-11-13-37-14-12-33)30(2,3)29-27(28(23)36)22-6-5-19(18-32)15-26(22)35(29)31/h5-6,15-17,21H,4,7-14H2,1-3H3. The molecule has 0 radical (unpaired) electrons. The second kappa shape index (κ2) is 8.97. The Balaban J connectivity index is 1.40. The molecule has 37 heavy (non-hydrogen) atoms. The monoisotopic (exact) mass is 500 g/mol. The molecule has 2 aromatic carbocycles. The summed E-state index contributed by atoms with van der Waals surface area (Å²) in [4.78, 5) is 19.5. The molecule has 0 spiro atoms. The fraction of sp³-hybridized carbons (Fsp3) is 0.467. The van der Waals surface area contributed by atoms with Crippen LogP contribution >= 0.6 is 0 Å². The molecule has 192 valence electrons. The van der Waals surface area contributed by atoms with Crippen molar-refractivity contribution in [2.24, 2.45) is 0 Å². The number of aryl methyl sites for hydroxylation is 1. The van der Waals surface area contributed by atoms with Crippen LogP contribution in [0, 0.1) is 11.3 Å². The van der Waals surface area contributed by atoms with E-state index in [4.69, 9.17) is 4.74 Å². The molecule has 7 heteroatoms. The van der Waals surface area contributed by atoms with Crippen molar-refractivity contribution in [3.8, 4) is 6.07 Å². The van der Waals surface area contributed by atoms with Crippen LogP contribution in [-0.2, 0) is 16.6 Å². The molecule has 2 fully saturated rings. The van der Waals surface area contributed by atoms with Crippen LogP contribution in [0.15, 0.2) is 30.3 Å². The number of anilines is 1. The van der Waals surface area contributed by atoms with E-state index in [0.29, 0.717) is 38.6 Å². The van der Waals surface area contributed by atoms with Gasteiger partial charge in [-0.2, -0.15) is 10.1 Å². The van der Waals surface area contributed by atoms with Crippen LogP contribution in [0.25, 0.3) is 10.9 Å². The first-order chi connectivity index (χ1) is 17.8. The fourth-order valence-corrected chi connectivity index (χ4v) is 6.70. The number of benzene rings is 2. The highest BCUT2D eigenvalue weighted by molar-refractivity contribution is 6.20. The van der Waals surface area contributed by atoms with Crippen molar-refractivity contribution in [1.29, 1.82) is 5.26 Å². The molecule has 6 rings (SSSR count). The summed E-state index contributed by atoms with van der Waals surface area (Å²) in [6, 6.07) is 11.8. The molecule has 3 heterocycles. The molecule has 0 N–H and O–H groups in total. The van der Waals surface area contributed by atoms with Gasteiger partial charge in [-0.15, -0.1) is 0 Å². The van der Waals surface area contributed by atoms with Gasteiger partial charge in [0, 0.05) is 54.3 Å². The molecular weight excluding hydrogens is 467 g/mol. The first-order valence-electron chi connectivity index (χ1n) is 13.4. The number of fused-ring (bicyclic) bond motifs is 4. The number of halogens is 1. The summed E-state index contributed by atoms with van der Waals surface area (Å²) in [5, 5.41) is 9.89. The minimum Gasteiger partial charge on any atom is -0.379 e. The van der Waals surface area contributed by atoms with E-state index in [9.17, 15) is 10.1 Å². The van der Waals surface area contributed by atoms with E-state index < -0.39 is 5.41 Å². The number of hydrogen-bond acceptors (Lipinski definition) is 5. The number of ketones is 1. The van der Waals surface area contributed by atoms with Gasteiger partial charge in [0.2, 0.25) is 0 Å². The zero-order valence-electron chi connectivity index (χ0n) is 21.8. The lowest BCUT2D eigenvalue weighted by Gasteiger charge is -2.42. The largest absolute Gasteiger partial charge is 0.379 e. The number of nitriles is 1. The molecule has 1 aromatic heterocycles. The van der Waals surface area contributed by atoms with E-state index in [2.05, 4.69) is 34.9 Å². The molecule has 0 saturated carbocycles. The fourth-order valence-electron chi connectivity index (χ4n) is 6.70. The second-order valence-electron chi connectivity index (χ2n) is 11.0. The quantitative estimate of drug-likeness (QED) is 0.508. The van der Waals surface area contributed by atoms with Gasteiger partial charge < -0.3 is 9.64 Å². The SMILES string of the molecule is CCc1cc2c(cc1N1CCC(N3CCOCC3)CC1)C(C)(C)c1c(c3ccc(C#N)cc3n1F)C2=O. The van der Waals surface area contributed by atoms with Crippen molar-refractivity contribution in [1.82, 2.24) is 9.69 Å². The van der Waals surface area contributed by atoms with E-state index in [-0.39, 0.29) is 11.3 Å². The number of nitrogens with zero attached hydrogens (tertiary/aromatic N) is 4. The summed E-state index contributed by atoms with van der Waals surface area (Å²) < 4.78 is 21.4. The maximum Gasteiger partial charge on any atom is 0.195 e. The normalized spacial score (nSPS) is 20.1. The number of piperidine rings is 1. The van der Waals surface area contributed by atoms with Crippen molar-refractivity contribution in [3.63, 3.8) is 0 Å². The number of hydrogen-bond donors (Lipinski definition) is 0. The Morgan fingerprint density at radius 3 is 2.51 bits per heavy atom. The lowest BCUT2D eigenvalue weighted by molar-refractivity contribution is 0.0115. The van der Waals surface area contributed by atoms with Crippen LogP contribution in [0.5, 0.6) is 0 Å². The zero-order valence-corrected chi connectivity index (χ0v) is 21.8. The van der Waals surface area contributed by atoms with E-state index in [1.165, 1.54) is 11.8 Å². The van der Waals surface area contributed by atoms with Crippen molar-refractivity contribution < 1.29 is 14.0 Å². The summed E-state index contributed by atoms with van der Waals surface area (Å²) in [5.41, 5.74) is 4.59. The van der Waals surface area contributed by atoms with Crippen LogP contribution in [0.4, 0.5) is 10.2 Å². The van der Waals surface area contributed by atoms with Gasteiger partial charge in [0.05, 0.1) is 41.6 Å². The van der Waals surface area contributed by atoms with Gasteiger partial charge in [-0.25, -0.2) is 0 Å². The summed E-state index contributed by atoms with van der Waals surface area (Å²) in [6.45, 7) is 11.7. The van der Waals surface area contributed by atoms with Crippen molar-refractivity contribution >= 4 is 22.4 Å². The Morgan fingerprint density at radius 2 is 1.84 bits per heavy atom. The number of morpholine rings is 1. The molecule has 0 bridgehead atoms. The second-order valence-corrected chi connectivity index (χ2v) is 11.0. The third kappa shape index (κ3) is 3.69. The molecule has 2 aliphatic heterocycles. The van der Waals surface area contributed by atoms with Crippen LogP contribution < -0.4 is 4.90 Å². The van der Waals surface area contributed by atoms with Crippen molar-refractivity contribution in [3.05, 3.63) is 63.8 Å². The van der Waals surface area contributed by atoms with E-state index in [0.717, 1.165) is 69.8 Å². The van der Waals surface area contributed by atoms with Gasteiger partial charge >= 0.3 is 0 Å². The van der Waals surface area contributed by atoms with Gasteiger partial charge in [0.1, 0.15) is 0 Å². The predicted molar refractivity (Wildman–Crippen MR) is 142 cm³/mol. The van der Waals surface area contributed by atoms with Gasteiger partial charge in [-0.3, -0.25) is 9.69 Å². The van der Waals surface area contributed by atoms with Crippen LogP contribution in [0.2, 0.25) is 0 Å². The lowest BCUT2D eigenvalue weighted by atomic mass is 9.70. The smallest absolute Gasteiger partial charge is 0.195 e. The molecule has 0 unspecified atom stereocenters. The molecule has 6 nitrogen and oxygen atoms in total. The number of carbonyl (C=O) groups excluding carboxylic acids is 1. The summed E-state index contributed by atoms with van der Waals surface area (Å²) in [5.74, 6) is -0.136. The van der Waals surface area contributed by atoms with Crippen molar-refractivity contribution in [2.75, 3.05) is 44.3 Å². The first-order valence-corrected chi connectivity index (χ1v) is 13.4. The lowest BCUT2D eigenvalue weighted by Crippen LogP contribution is -2.49. The number of ether oxygens (including phenoxy) is 1. The Bertz CT molecular complexity index is 1440. The van der Waals surface area contributed by atoms with Crippen molar-refractivity contribution in [2.45, 2.75) is 51.5 Å². The third-order valence-corrected chi connectivity index (χ3v) is 8.74. The zero-order chi connectivity index (χ0) is 25.9. The van der Waals surface area contributed by atoms with Gasteiger partial charge in [-0.1, -0.05) is 31.3 Å². The third-order valence-electron chi connectivity index (χ3n) is 8.74. The molecule has 3 aliphatic rings. The Hall–Kier alpha value is -3.21. The van der Waals surface area contributed by atoms with Crippen LogP contribution in [0.3, 0.4) is 0 Å². The van der Waals surface area contributed by atoms with E-state index >= 15 is 4.48 Å². The van der Waals surface area contributed by atoms with E-state index in [1.807, 2.05) is 13.8 Å². The molecule has 0 amide bonds. The van der Waals surface area contributed by atoms with Gasteiger partial charge in [0.15, 0.2) is 5.78 Å². The average molecular weight is 501 g/mol. The number of rotatable bonds is 3. The molecule has 2 saturated heterocycles. The summed E-state index contributed by atoms with van der Waals surface area (Å²) in [6.07, 6.45) is 3.03. The topological polar surface area (TPSA) is 61.5 Å². The minimum atomic E-state index is -0.716.